The van der Waals surface area contributed by atoms with Crippen LogP contribution >= 0.6 is 11.8 Å². The number of hydrogen-bond acceptors (Lipinski definition) is 5. The summed E-state index contributed by atoms with van der Waals surface area (Å²) in [7, 11) is 1.76. The zero-order chi connectivity index (χ0) is 19.9. The van der Waals surface area contributed by atoms with Crippen molar-refractivity contribution in [3.8, 4) is 5.75 Å². The van der Waals surface area contributed by atoms with Crippen LogP contribution < -0.4 is 10.5 Å². The van der Waals surface area contributed by atoms with E-state index in [0.29, 0.717) is 10.9 Å². The van der Waals surface area contributed by atoms with Crippen LogP contribution in [-0.2, 0) is 10.3 Å². The Morgan fingerprint density at radius 2 is 2.26 bits per heavy atom. The van der Waals surface area contributed by atoms with E-state index in [2.05, 4.69) is 18.8 Å². The molecular formula is C21H29N3O2S. The molecule has 6 heteroatoms. The Morgan fingerprint density at radius 1 is 1.48 bits per heavy atom. The number of rotatable bonds is 7. The molecule has 27 heavy (non-hydrogen) atoms. The number of ether oxygens (including phenoxy) is 1. The summed E-state index contributed by atoms with van der Waals surface area (Å²) in [4.78, 5) is 18.7. The number of thioether (sulfide) groups is 1. The minimum Gasteiger partial charge on any atom is -0.484 e. The molecule has 2 rings (SSSR count). The van der Waals surface area contributed by atoms with Crippen molar-refractivity contribution in [1.29, 1.82) is 0 Å². The maximum absolute atomic E-state index is 12.5. The molecule has 1 heterocycles. The molecular weight excluding hydrogens is 358 g/mol. The third-order valence-electron chi connectivity index (χ3n) is 4.60. The molecule has 1 aliphatic rings. The summed E-state index contributed by atoms with van der Waals surface area (Å²) >= 11 is 1.58. The molecule has 0 aromatic heterocycles. The van der Waals surface area contributed by atoms with Gasteiger partial charge in [0.15, 0.2) is 11.8 Å². The summed E-state index contributed by atoms with van der Waals surface area (Å²) < 4.78 is 5.76. The van der Waals surface area contributed by atoms with Crippen LogP contribution in [0, 0.1) is 0 Å². The van der Waals surface area contributed by atoms with E-state index in [1.54, 1.807) is 23.7 Å². The third kappa shape index (κ3) is 5.63. The van der Waals surface area contributed by atoms with Crippen LogP contribution in [0.5, 0.6) is 5.75 Å². The molecule has 1 amide bonds. The highest BCUT2D eigenvalue weighted by Crippen LogP contribution is 2.36. The normalized spacial score (nSPS) is 20.4. The van der Waals surface area contributed by atoms with Crippen molar-refractivity contribution in [3.63, 3.8) is 0 Å². The van der Waals surface area contributed by atoms with Gasteiger partial charge in [0.2, 0.25) is 0 Å². The second-order valence-electron chi connectivity index (χ2n) is 6.62. The smallest absolute Gasteiger partial charge is 0.264 e. The molecule has 5 nitrogen and oxygen atoms in total. The van der Waals surface area contributed by atoms with E-state index in [-0.39, 0.29) is 18.1 Å². The van der Waals surface area contributed by atoms with Gasteiger partial charge in [-0.25, -0.2) is 0 Å². The van der Waals surface area contributed by atoms with Crippen LogP contribution in [0.4, 0.5) is 0 Å². The van der Waals surface area contributed by atoms with Gasteiger partial charge >= 0.3 is 0 Å². The average Bonchev–Trinajstić information content (AvgIpc) is 2.66. The number of allylic oxidation sites excluding steroid dienone is 3. The number of aliphatic imine (C=N–C) groups is 1. The number of benzene rings is 1. The van der Waals surface area contributed by atoms with Crippen molar-refractivity contribution in [2.45, 2.75) is 39.2 Å². The van der Waals surface area contributed by atoms with E-state index in [9.17, 15) is 4.79 Å². The zero-order valence-electron chi connectivity index (χ0n) is 16.6. The number of nitrogens with two attached hydrogens (primary N) is 1. The summed E-state index contributed by atoms with van der Waals surface area (Å²) in [5.74, 6) is 1.50. The monoisotopic (exact) mass is 387 g/mol. The second kappa shape index (κ2) is 9.65. The van der Waals surface area contributed by atoms with Crippen LogP contribution in [-0.4, -0.2) is 35.4 Å². The number of amides is 1. The third-order valence-corrected chi connectivity index (χ3v) is 5.39. The lowest BCUT2D eigenvalue weighted by Crippen LogP contribution is -2.30. The lowest BCUT2D eigenvalue weighted by Gasteiger charge is -2.30. The summed E-state index contributed by atoms with van der Waals surface area (Å²) in [6.07, 6.45) is 7.72. The molecule has 2 N–H and O–H groups in total. The SMILES string of the molecule is C/C=C(\C=C/CC)N(C)C(=O)COc1cccc(C2(C)CCSC(N)=N2)c1. The predicted octanol–water partition coefficient (Wildman–Crippen LogP) is 4.06. The minimum absolute atomic E-state index is 0.0186. The van der Waals surface area contributed by atoms with Crippen LogP contribution in [0.3, 0.4) is 0 Å². The molecule has 0 spiro atoms. The Bertz CT molecular complexity index is 758. The summed E-state index contributed by atoms with van der Waals surface area (Å²) in [6, 6.07) is 7.77. The molecule has 1 atom stereocenters. The first kappa shape index (κ1) is 21.1. The minimum atomic E-state index is -0.349. The van der Waals surface area contributed by atoms with Gasteiger partial charge in [0, 0.05) is 18.5 Å². The first-order chi connectivity index (χ1) is 12.9. The van der Waals surface area contributed by atoms with Gasteiger partial charge < -0.3 is 15.4 Å². The van der Waals surface area contributed by atoms with E-state index in [4.69, 9.17) is 10.5 Å². The molecule has 0 radical (unpaired) electrons. The number of nitrogens with zero attached hydrogens (tertiary/aromatic N) is 2. The number of likely N-dealkylation sites (N-methyl/N-ethyl adjacent to an activating group) is 1. The lowest BCUT2D eigenvalue weighted by atomic mass is 9.90. The molecule has 1 aromatic carbocycles. The highest BCUT2D eigenvalue weighted by atomic mass is 32.2. The lowest BCUT2D eigenvalue weighted by molar-refractivity contribution is -0.130. The van der Waals surface area contributed by atoms with Gasteiger partial charge in [-0.2, -0.15) is 0 Å². The van der Waals surface area contributed by atoms with Crippen molar-refractivity contribution in [3.05, 3.63) is 53.8 Å². The van der Waals surface area contributed by atoms with Gasteiger partial charge in [-0.05, 0) is 50.5 Å². The maximum atomic E-state index is 12.5. The van der Waals surface area contributed by atoms with Crippen LogP contribution in [0.1, 0.15) is 39.2 Å². The van der Waals surface area contributed by atoms with Gasteiger partial charge in [-0.15, -0.1) is 0 Å². The highest BCUT2D eigenvalue weighted by Gasteiger charge is 2.29. The Hall–Kier alpha value is -2.21. The highest BCUT2D eigenvalue weighted by molar-refractivity contribution is 8.13. The molecule has 0 saturated heterocycles. The number of carbonyl (C=O) groups is 1. The van der Waals surface area contributed by atoms with Crippen LogP contribution in [0.15, 0.2) is 53.2 Å². The molecule has 0 bridgehead atoms. The van der Waals surface area contributed by atoms with Crippen LogP contribution in [0.2, 0.25) is 0 Å². The molecule has 1 aliphatic heterocycles. The quantitative estimate of drug-likeness (QED) is 0.717. The fraction of sp³-hybridized carbons (Fsp3) is 0.429. The Kier molecular flexibility index (Phi) is 7.54. The van der Waals surface area contributed by atoms with Crippen molar-refractivity contribution < 1.29 is 9.53 Å². The van der Waals surface area contributed by atoms with Crippen molar-refractivity contribution in [2.75, 3.05) is 19.4 Å². The molecule has 0 saturated carbocycles. The maximum Gasteiger partial charge on any atom is 0.264 e. The second-order valence-corrected chi connectivity index (χ2v) is 7.73. The predicted molar refractivity (Wildman–Crippen MR) is 114 cm³/mol. The van der Waals surface area contributed by atoms with E-state index in [0.717, 1.165) is 29.9 Å². The number of amidine groups is 1. The summed E-state index contributed by atoms with van der Waals surface area (Å²) in [5.41, 5.74) is 7.47. The van der Waals surface area contributed by atoms with Gasteiger partial charge in [-0.1, -0.05) is 43.0 Å². The van der Waals surface area contributed by atoms with E-state index >= 15 is 0 Å². The molecule has 0 aliphatic carbocycles. The van der Waals surface area contributed by atoms with Crippen molar-refractivity contribution >= 4 is 22.8 Å². The molecule has 1 aromatic rings. The Labute approximate surface area is 166 Å². The van der Waals surface area contributed by atoms with E-state index < -0.39 is 0 Å². The standard InChI is InChI=1S/C21H29N3O2S/c1-5-7-10-17(6-2)24(4)19(25)15-26-18-11-8-9-16(14-18)21(3)12-13-27-20(22)23-21/h6-11,14H,5,12-13,15H2,1-4H3,(H2,22,23)/b10-7-,17-6+. The van der Waals surface area contributed by atoms with E-state index in [1.165, 1.54) is 0 Å². The van der Waals surface area contributed by atoms with Gasteiger partial charge in [0.05, 0.1) is 5.54 Å². The van der Waals surface area contributed by atoms with E-state index in [1.807, 2.05) is 49.4 Å². The Balaban J connectivity index is 2.05. The zero-order valence-corrected chi connectivity index (χ0v) is 17.4. The van der Waals surface area contributed by atoms with Gasteiger partial charge in [0.25, 0.3) is 5.91 Å². The Morgan fingerprint density at radius 3 is 2.93 bits per heavy atom. The fourth-order valence-corrected chi connectivity index (χ4v) is 3.82. The molecule has 0 fully saturated rings. The number of carbonyl (C=O) groups excluding carboxylic acids is 1. The van der Waals surface area contributed by atoms with Gasteiger partial charge in [-0.3, -0.25) is 9.79 Å². The molecule has 146 valence electrons. The summed E-state index contributed by atoms with van der Waals surface area (Å²) in [5, 5.41) is 0.617. The van der Waals surface area contributed by atoms with Crippen LogP contribution in [0.25, 0.3) is 0 Å². The van der Waals surface area contributed by atoms with Crippen molar-refractivity contribution in [1.82, 2.24) is 4.90 Å². The topological polar surface area (TPSA) is 67.9 Å². The largest absolute Gasteiger partial charge is 0.484 e. The van der Waals surface area contributed by atoms with Gasteiger partial charge in [0.1, 0.15) is 5.75 Å². The first-order valence-corrected chi connectivity index (χ1v) is 10.2. The van der Waals surface area contributed by atoms with Crippen molar-refractivity contribution in [2.24, 2.45) is 10.7 Å². The first-order valence-electron chi connectivity index (χ1n) is 9.20. The average molecular weight is 388 g/mol. The summed E-state index contributed by atoms with van der Waals surface area (Å²) in [6.45, 7) is 6.04. The number of hydrogen-bond donors (Lipinski definition) is 1. The molecule has 1 unspecified atom stereocenters. The fourth-order valence-electron chi connectivity index (χ4n) is 2.84.